The quantitative estimate of drug-likeness (QED) is 0.731. The summed E-state index contributed by atoms with van der Waals surface area (Å²) in [6.45, 7) is 5.83. The summed E-state index contributed by atoms with van der Waals surface area (Å²) in [4.78, 5) is 0. The molecule has 0 atom stereocenters. The van der Waals surface area contributed by atoms with Crippen LogP contribution < -0.4 is 0 Å². The first-order valence-corrected chi connectivity index (χ1v) is 4.53. The van der Waals surface area contributed by atoms with Crippen LogP contribution in [0.2, 0.25) is 0 Å². The van der Waals surface area contributed by atoms with Crippen molar-refractivity contribution in [1.29, 1.82) is 0 Å². The topological polar surface area (TPSA) is 40.5 Å². The van der Waals surface area contributed by atoms with Crippen LogP contribution in [0.5, 0.6) is 5.75 Å². The molecule has 1 rings (SSSR count). The SMILES string of the molecule is CCc1c(C)c(CO)cc(C)c1O. The molecule has 2 nitrogen and oxygen atoms in total. The molecule has 2 N–H and O–H groups in total. The van der Waals surface area contributed by atoms with Crippen LogP contribution in [-0.4, -0.2) is 10.2 Å². The second-order valence-electron chi connectivity index (χ2n) is 3.32. The summed E-state index contributed by atoms with van der Waals surface area (Å²) in [5, 5.41) is 18.8. The highest BCUT2D eigenvalue weighted by Gasteiger charge is 2.09. The average molecular weight is 180 g/mol. The van der Waals surface area contributed by atoms with E-state index in [-0.39, 0.29) is 6.61 Å². The summed E-state index contributed by atoms with van der Waals surface area (Å²) in [6.07, 6.45) is 0.798. The lowest BCUT2D eigenvalue weighted by Gasteiger charge is -2.12. The molecule has 0 radical (unpaired) electrons. The number of aromatic hydroxyl groups is 1. The Morgan fingerprint density at radius 2 is 1.92 bits per heavy atom. The number of benzene rings is 1. The largest absolute Gasteiger partial charge is 0.507 e. The van der Waals surface area contributed by atoms with E-state index in [1.807, 2.05) is 26.8 Å². The van der Waals surface area contributed by atoms with Gasteiger partial charge < -0.3 is 10.2 Å². The van der Waals surface area contributed by atoms with Gasteiger partial charge >= 0.3 is 0 Å². The minimum Gasteiger partial charge on any atom is -0.507 e. The fraction of sp³-hybridized carbons (Fsp3) is 0.455. The van der Waals surface area contributed by atoms with Crippen molar-refractivity contribution < 1.29 is 10.2 Å². The molecule has 0 saturated heterocycles. The van der Waals surface area contributed by atoms with E-state index in [1.54, 1.807) is 0 Å². The van der Waals surface area contributed by atoms with Crippen LogP contribution >= 0.6 is 0 Å². The van der Waals surface area contributed by atoms with Gasteiger partial charge in [0.05, 0.1) is 6.61 Å². The van der Waals surface area contributed by atoms with Gasteiger partial charge in [0.1, 0.15) is 5.75 Å². The first-order valence-electron chi connectivity index (χ1n) is 4.53. The van der Waals surface area contributed by atoms with Crippen molar-refractivity contribution in [3.05, 3.63) is 28.3 Å². The normalized spacial score (nSPS) is 10.5. The lowest BCUT2D eigenvalue weighted by atomic mass is 9.96. The van der Waals surface area contributed by atoms with E-state index in [0.29, 0.717) is 5.75 Å². The molecule has 0 aliphatic heterocycles. The summed E-state index contributed by atoms with van der Waals surface area (Å²) >= 11 is 0. The van der Waals surface area contributed by atoms with E-state index < -0.39 is 0 Å². The van der Waals surface area contributed by atoms with Crippen molar-refractivity contribution in [3.8, 4) is 5.75 Å². The molecular formula is C11H16O2. The van der Waals surface area contributed by atoms with Crippen LogP contribution in [0.3, 0.4) is 0 Å². The highest BCUT2D eigenvalue weighted by molar-refractivity contribution is 5.48. The lowest BCUT2D eigenvalue weighted by molar-refractivity contribution is 0.280. The van der Waals surface area contributed by atoms with Crippen LogP contribution in [-0.2, 0) is 13.0 Å². The maximum Gasteiger partial charge on any atom is 0.121 e. The van der Waals surface area contributed by atoms with Crippen LogP contribution in [0.25, 0.3) is 0 Å². The van der Waals surface area contributed by atoms with Crippen LogP contribution in [0.1, 0.15) is 29.2 Å². The summed E-state index contributed by atoms with van der Waals surface area (Å²) in [7, 11) is 0. The number of phenolic OH excluding ortho intramolecular Hbond substituents is 1. The Bertz CT molecular complexity index is 316. The number of rotatable bonds is 2. The predicted octanol–water partition coefficient (Wildman–Crippen LogP) is 2.06. The van der Waals surface area contributed by atoms with E-state index in [9.17, 15) is 5.11 Å². The molecule has 0 unspecified atom stereocenters. The molecular weight excluding hydrogens is 164 g/mol. The third-order valence-corrected chi connectivity index (χ3v) is 2.51. The summed E-state index contributed by atoms with van der Waals surface area (Å²) < 4.78 is 0. The predicted molar refractivity (Wildman–Crippen MR) is 52.9 cm³/mol. The lowest BCUT2D eigenvalue weighted by Crippen LogP contribution is -1.97. The van der Waals surface area contributed by atoms with E-state index in [4.69, 9.17) is 5.11 Å². The zero-order chi connectivity index (χ0) is 10.0. The standard InChI is InChI=1S/C11H16O2/c1-4-10-8(3)9(6-12)5-7(2)11(10)13/h5,12-13H,4,6H2,1-3H3. The van der Waals surface area contributed by atoms with Gasteiger partial charge in [0.25, 0.3) is 0 Å². The number of aliphatic hydroxyl groups excluding tert-OH is 1. The second-order valence-corrected chi connectivity index (χ2v) is 3.32. The molecule has 0 heterocycles. The smallest absolute Gasteiger partial charge is 0.121 e. The third kappa shape index (κ3) is 1.68. The first-order chi connectivity index (χ1) is 6.11. The molecule has 0 aliphatic carbocycles. The maximum atomic E-state index is 9.72. The molecule has 13 heavy (non-hydrogen) atoms. The van der Waals surface area contributed by atoms with Gasteiger partial charge in [-0.1, -0.05) is 6.92 Å². The summed E-state index contributed by atoms with van der Waals surface area (Å²) in [5.41, 5.74) is 3.70. The number of hydrogen-bond acceptors (Lipinski definition) is 2. The molecule has 0 aliphatic rings. The van der Waals surface area contributed by atoms with Crippen molar-refractivity contribution in [2.75, 3.05) is 0 Å². The van der Waals surface area contributed by atoms with Gasteiger partial charge in [0.15, 0.2) is 0 Å². The number of aliphatic hydroxyl groups is 1. The summed E-state index contributed by atoms with van der Waals surface area (Å²) in [5.74, 6) is 0.372. The average Bonchev–Trinajstić information content (AvgIpc) is 2.12. The molecule has 0 saturated carbocycles. The third-order valence-electron chi connectivity index (χ3n) is 2.51. The monoisotopic (exact) mass is 180 g/mol. The van der Waals surface area contributed by atoms with E-state index in [1.165, 1.54) is 0 Å². The molecule has 0 fully saturated rings. The van der Waals surface area contributed by atoms with Crippen molar-refractivity contribution in [2.24, 2.45) is 0 Å². The Labute approximate surface area is 78.8 Å². The highest BCUT2D eigenvalue weighted by Crippen LogP contribution is 2.28. The van der Waals surface area contributed by atoms with Crippen molar-refractivity contribution in [2.45, 2.75) is 33.8 Å². The Morgan fingerprint density at radius 1 is 1.31 bits per heavy atom. The van der Waals surface area contributed by atoms with E-state index >= 15 is 0 Å². The van der Waals surface area contributed by atoms with Gasteiger partial charge in [-0.3, -0.25) is 0 Å². The van der Waals surface area contributed by atoms with Crippen LogP contribution in [0.4, 0.5) is 0 Å². The minimum atomic E-state index is 0.0416. The number of hydrogen-bond donors (Lipinski definition) is 2. The first kappa shape index (κ1) is 10.1. The molecule has 1 aromatic carbocycles. The van der Waals surface area contributed by atoms with Gasteiger partial charge in [0.2, 0.25) is 0 Å². The molecule has 1 aromatic rings. The molecule has 0 aromatic heterocycles. The van der Waals surface area contributed by atoms with E-state index in [0.717, 1.165) is 28.7 Å². The fourth-order valence-electron chi connectivity index (χ4n) is 1.64. The van der Waals surface area contributed by atoms with Gasteiger partial charge in [0, 0.05) is 0 Å². The molecule has 0 spiro atoms. The minimum absolute atomic E-state index is 0.0416. The van der Waals surface area contributed by atoms with Gasteiger partial charge in [-0.25, -0.2) is 0 Å². The number of phenols is 1. The Balaban J connectivity index is 3.39. The number of aryl methyl sites for hydroxylation is 1. The Hall–Kier alpha value is -1.02. The Morgan fingerprint density at radius 3 is 2.38 bits per heavy atom. The Kier molecular flexibility index (Phi) is 2.94. The summed E-state index contributed by atoms with van der Waals surface area (Å²) in [6, 6.07) is 1.84. The highest BCUT2D eigenvalue weighted by atomic mass is 16.3. The molecule has 0 bridgehead atoms. The zero-order valence-corrected chi connectivity index (χ0v) is 8.39. The van der Waals surface area contributed by atoms with Crippen molar-refractivity contribution in [3.63, 3.8) is 0 Å². The van der Waals surface area contributed by atoms with Gasteiger partial charge in [-0.05, 0) is 48.6 Å². The second kappa shape index (κ2) is 3.79. The van der Waals surface area contributed by atoms with Gasteiger partial charge in [-0.15, -0.1) is 0 Å². The fourth-order valence-corrected chi connectivity index (χ4v) is 1.64. The molecule has 72 valence electrons. The van der Waals surface area contributed by atoms with Crippen molar-refractivity contribution in [1.82, 2.24) is 0 Å². The van der Waals surface area contributed by atoms with Crippen LogP contribution in [0, 0.1) is 13.8 Å². The van der Waals surface area contributed by atoms with Gasteiger partial charge in [-0.2, -0.15) is 0 Å². The van der Waals surface area contributed by atoms with E-state index in [2.05, 4.69) is 0 Å². The zero-order valence-electron chi connectivity index (χ0n) is 8.39. The van der Waals surface area contributed by atoms with Crippen molar-refractivity contribution >= 4 is 0 Å². The molecule has 0 amide bonds. The maximum absolute atomic E-state index is 9.72. The molecule has 2 heteroatoms. The van der Waals surface area contributed by atoms with Crippen LogP contribution in [0.15, 0.2) is 6.07 Å².